The number of methoxy groups -OCH3 is 1. The molecule has 0 spiro atoms. The lowest BCUT2D eigenvalue weighted by atomic mass is 10.1. The van der Waals surface area contributed by atoms with Crippen molar-refractivity contribution in [2.45, 2.75) is 20.5 Å². The molecule has 1 heterocycles. The summed E-state index contributed by atoms with van der Waals surface area (Å²) in [6.45, 7) is 3.74. The number of aromatic nitrogens is 2. The first-order valence-electron chi connectivity index (χ1n) is 9.56. The van der Waals surface area contributed by atoms with Crippen LogP contribution in [-0.4, -0.2) is 27.6 Å². The molecule has 0 unspecified atom stereocenters. The van der Waals surface area contributed by atoms with Crippen molar-refractivity contribution >= 4 is 17.5 Å². The maximum atomic E-state index is 12.4. The summed E-state index contributed by atoms with van der Waals surface area (Å²) in [5, 5.41) is 15.5. The fourth-order valence-electron chi connectivity index (χ4n) is 3.16. The van der Waals surface area contributed by atoms with Crippen LogP contribution in [0.25, 0.3) is 6.08 Å². The molecule has 0 atom stereocenters. The average Bonchev–Trinajstić information content (AvgIpc) is 3.08. The molecule has 2 aromatic carbocycles. The third kappa shape index (κ3) is 5.16. The van der Waals surface area contributed by atoms with Gasteiger partial charge in [-0.1, -0.05) is 18.2 Å². The molecule has 0 saturated heterocycles. The first kappa shape index (κ1) is 21.8. The third-order valence-electron chi connectivity index (χ3n) is 4.68. The Morgan fingerprint density at radius 2 is 1.94 bits per heavy atom. The van der Waals surface area contributed by atoms with E-state index in [-0.39, 0.29) is 23.8 Å². The summed E-state index contributed by atoms with van der Waals surface area (Å²) in [6.07, 6.45) is 3.18. The summed E-state index contributed by atoms with van der Waals surface area (Å²) < 4.78 is 12.7. The van der Waals surface area contributed by atoms with Crippen molar-refractivity contribution in [2.75, 3.05) is 7.11 Å². The highest BCUT2D eigenvalue weighted by atomic mass is 16.6. The van der Waals surface area contributed by atoms with E-state index in [1.54, 1.807) is 42.1 Å². The number of hydrogen-bond acceptors (Lipinski definition) is 6. The van der Waals surface area contributed by atoms with Crippen LogP contribution in [0, 0.1) is 24.0 Å². The lowest BCUT2D eigenvalue weighted by Gasteiger charge is -2.12. The third-order valence-corrected chi connectivity index (χ3v) is 4.68. The van der Waals surface area contributed by atoms with E-state index in [4.69, 9.17) is 9.47 Å². The Bertz CT molecular complexity index is 1160. The lowest BCUT2D eigenvalue weighted by Crippen LogP contribution is -2.04. The van der Waals surface area contributed by atoms with Crippen LogP contribution in [-0.2, 0) is 13.7 Å². The van der Waals surface area contributed by atoms with Gasteiger partial charge in [0.2, 0.25) is 5.78 Å². The van der Waals surface area contributed by atoms with Crippen LogP contribution >= 0.6 is 0 Å². The molecular formula is C23H23N3O5. The van der Waals surface area contributed by atoms with Crippen LogP contribution in [0.15, 0.2) is 48.5 Å². The SMILES string of the molecule is COc1ccc(/C=C/C(=O)c2cc(C)nn2C)cc1COc1cc(C)ccc1[N+](=O)[O-]. The largest absolute Gasteiger partial charge is 0.496 e. The van der Waals surface area contributed by atoms with E-state index < -0.39 is 4.92 Å². The van der Waals surface area contributed by atoms with Crippen molar-refractivity contribution in [3.63, 3.8) is 0 Å². The van der Waals surface area contributed by atoms with E-state index in [1.807, 2.05) is 26.0 Å². The van der Waals surface area contributed by atoms with Crippen LogP contribution < -0.4 is 9.47 Å². The van der Waals surface area contributed by atoms with Crippen LogP contribution in [0.1, 0.15) is 32.9 Å². The Labute approximate surface area is 179 Å². The predicted molar refractivity (Wildman–Crippen MR) is 116 cm³/mol. The monoisotopic (exact) mass is 421 g/mol. The zero-order valence-corrected chi connectivity index (χ0v) is 17.8. The Kier molecular flexibility index (Phi) is 6.49. The highest BCUT2D eigenvalue weighted by Crippen LogP contribution is 2.30. The maximum absolute atomic E-state index is 12.4. The summed E-state index contributed by atoms with van der Waals surface area (Å²) >= 11 is 0. The number of nitro benzene ring substituents is 1. The van der Waals surface area contributed by atoms with Crippen molar-refractivity contribution in [1.29, 1.82) is 0 Å². The number of benzene rings is 2. The highest BCUT2D eigenvalue weighted by Gasteiger charge is 2.16. The van der Waals surface area contributed by atoms with Gasteiger partial charge in [-0.2, -0.15) is 5.10 Å². The molecule has 160 valence electrons. The lowest BCUT2D eigenvalue weighted by molar-refractivity contribution is -0.386. The molecule has 0 saturated carbocycles. The first-order valence-corrected chi connectivity index (χ1v) is 9.56. The molecule has 0 aliphatic rings. The van der Waals surface area contributed by atoms with Gasteiger partial charge in [0.25, 0.3) is 0 Å². The quantitative estimate of drug-likeness (QED) is 0.231. The molecule has 8 heteroatoms. The van der Waals surface area contributed by atoms with E-state index in [9.17, 15) is 14.9 Å². The Hall–Kier alpha value is -3.94. The van der Waals surface area contributed by atoms with Crippen molar-refractivity contribution in [3.8, 4) is 11.5 Å². The summed E-state index contributed by atoms with van der Waals surface area (Å²) in [4.78, 5) is 23.2. The number of rotatable bonds is 8. The molecule has 1 aromatic heterocycles. The summed E-state index contributed by atoms with van der Waals surface area (Å²) in [7, 11) is 3.26. The number of ether oxygens (including phenoxy) is 2. The van der Waals surface area contributed by atoms with Crippen molar-refractivity contribution < 1.29 is 19.2 Å². The van der Waals surface area contributed by atoms with Crippen molar-refractivity contribution in [2.24, 2.45) is 7.05 Å². The molecule has 0 aliphatic heterocycles. The molecule has 0 bridgehead atoms. The molecule has 3 aromatic rings. The molecule has 0 radical (unpaired) electrons. The molecule has 8 nitrogen and oxygen atoms in total. The summed E-state index contributed by atoms with van der Waals surface area (Å²) in [5.74, 6) is 0.614. The normalized spacial score (nSPS) is 11.0. The minimum atomic E-state index is -0.475. The maximum Gasteiger partial charge on any atom is 0.310 e. The highest BCUT2D eigenvalue weighted by molar-refractivity contribution is 6.05. The van der Waals surface area contributed by atoms with Crippen LogP contribution in [0.4, 0.5) is 5.69 Å². The van der Waals surface area contributed by atoms with Gasteiger partial charge in [0.05, 0.1) is 17.7 Å². The smallest absolute Gasteiger partial charge is 0.310 e. The van der Waals surface area contributed by atoms with Gasteiger partial charge in [0.15, 0.2) is 5.75 Å². The Morgan fingerprint density at radius 3 is 2.58 bits per heavy atom. The Balaban J connectivity index is 1.81. The number of hydrogen-bond donors (Lipinski definition) is 0. The first-order chi connectivity index (χ1) is 14.8. The predicted octanol–water partition coefficient (Wildman–Crippen LogP) is 4.43. The number of allylic oxidation sites excluding steroid dienone is 1. The van der Waals surface area contributed by atoms with Gasteiger partial charge in [0, 0.05) is 18.7 Å². The summed E-state index contributed by atoms with van der Waals surface area (Å²) in [5.41, 5.74) is 3.49. The number of ketones is 1. The van der Waals surface area contributed by atoms with Gasteiger partial charge in [-0.3, -0.25) is 19.6 Å². The second-order valence-electron chi connectivity index (χ2n) is 7.08. The van der Waals surface area contributed by atoms with Gasteiger partial charge in [-0.25, -0.2) is 0 Å². The molecule has 3 rings (SSSR count). The number of carbonyl (C=O) groups excluding carboxylic acids is 1. The molecular weight excluding hydrogens is 398 g/mol. The zero-order valence-electron chi connectivity index (χ0n) is 17.8. The fourth-order valence-corrected chi connectivity index (χ4v) is 3.16. The van der Waals surface area contributed by atoms with Crippen LogP contribution in [0.3, 0.4) is 0 Å². The van der Waals surface area contributed by atoms with Crippen LogP contribution in [0.5, 0.6) is 11.5 Å². The Morgan fingerprint density at radius 1 is 1.16 bits per heavy atom. The standard InChI is InChI=1S/C23H23N3O5/c1-15-5-8-19(26(28)29)23(11-15)31-14-18-13-17(7-10-22(18)30-4)6-9-21(27)20-12-16(2)24-25(20)3/h5-13H,14H2,1-4H3/b9-6+. The second-order valence-corrected chi connectivity index (χ2v) is 7.08. The second kappa shape index (κ2) is 9.25. The molecule has 0 fully saturated rings. The van der Waals surface area contributed by atoms with E-state index in [1.165, 1.54) is 19.3 Å². The minimum Gasteiger partial charge on any atom is -0.496 e. The van der Waals surface area contributed by atoms with Gasteiger partial charge in [0.1, 0.15) is 18.1 Å². The molecule has 0 amide bonds. The van der Waals surface area contributed by atoms with Gasteiger partial charge in [-0.15, -0.1) is 0 Å². The fraction of sp³-hybridized carbons (Fsp3) is 0.217. The number of nitrogens with zero attached hydrogens (tertiary/aromatic N) is 3. The van der Waals surface area contributed by atoms with E-state index in [0.717, 1.165) is 16.8 Å². The zero-order chi connectivity index (χ0) is 22.5. The molecule has 0 N–H and O–H groups in total. The summed E-state index contributed by atoms with van der Waals surface area (Å²) in [6, 6.07) is 11.8. The number of aryl methyl sites for hydroxylation is 3. The van der Waals surface area contributed by atoms with Crippen molar-refractivity contribution in [3.05, 3.63) is 86.7 Å². The van der Waals surface area contributed by atoms with E-state index >= 15 is 0 Å². The average molecular weight is 421 g/mol. The molecule has 0 aliphatic carbocycles. The van der Waals surface area contributed by atoms with Gasteiger partial charge < -0.3 is 9.47 Å². The van der Waals surface area contributed by atoms with Crippen molar-refractivity contribution in [1.82, 2.24) is 9.78 Å². The number of carbonyl (C=O) groups is 1. The van der Waals surface area contributed by atoms with E-state index in [2.05, 4.69) is 5.10 Å². The minimum absolute atomic E-state index is 0.0734. The van der Waals surface area contributed by atoms with E-state index in [0.29, 0.717) is 17.0 Å². The topological polar surface area (TPSA) is 96.5 Å². The van der Waals surface area contributed by atoms with Gasteiger partial charge >= 0.3 is 5.69 Å². The van der Waals surface area contributed by atoms with Gasteiger partial charge in [-0.05, 0) is 55.3 Å². The number of nitro groups is 1. The molecule has 31 heavy (non-hydrogen) atoms. The van der Waals surface area contributed by atoms with Crippen LogP contribution in [0.2, 0.25) is 0 Å².